The molecule has 0 unspecified atom stereocenters. The summed E-state index contributed by atoms with van der Waals surface area (Å²) in [6, 6.07) is 8.95. The van der Waals surface area contributed by atoms with Crippen LogP contribution in [0, 0.1) is 18.6 Å². The Balaban J connectivity index is 1.67. The van der Waals surface area contributed by atoms with Crippen molar-refractivity contribution in [2.75, 3.05) is 6.54 Å². The van der Waals surface area contributed by atoms with E-state index in [2.05, 4.69) is 4.98 Å². The van der Waals surface area contributed by atoms with Crippen molar-refractivity contribution in [3.05, 3.63) is 80.6 Å². The molecule has 3 aromatic rings. The molecule has 2 aromatic carbocycles. The number of fused-ring (bicyclic) bond motifs is 2. The van der Waals surface area contributed by atoms with Crippen LogP contribution in [0.1, 0.15) is 27.0 Å². The lowest BCUT2D eigenvalue weighted by Gasteiger charge is -2.29. The molecule has 2 heterocycles. The number of aryl methyl sites for hydroxylation is 1. The quantitative estimate of drug-likeness (QED) is 0.729. The lowest BCUT2D eigenvalue weighted by Crippen LogP contribution is -2.36. The Hall–Kier alpha value is -3.02. The highest BCUT2D eigenvalue weighted by Crippen LogP contribution is 2.25. The highest BCUT2D eigenvalue weighted by atomic mass is 19.2. The van der Waals surface area contributed by atoms with E-state index in [1.807, 2.05) is 18.2 Å². The number of carbonyl (C=O) groups excluding carboxylic acids is 1. The summed E-state index contributed by atoms with van der Waals surface area (Å²) in [4.78, 5) is 28.9. The summed E-state index contributed by atoms with van der Waals surface area (Å²) >= 11 is 0. The van der Waals surface area contributed by atoms with Crippen LogP contribution in [0.3, 0.4) is 0 Å². The molecular weight excluding hydrogens is 338 g/mol. The van der Waals surface area contributed by atoms with Gasteiger partial charge in [-0.05, 0) is 66.3 Å². The number of H-pyrrole nitrogens is 1. The average molecular weight is 354 g/mol. The third kappa shape index (κ3) is 2.77. The van der Waals surface area contributed by atoms with Gasteiger partial charge < -0.3 is 9.88 Å². The second-order valence-electron chi connectivity index (χ2n) is 6.60. The normalized spacial score (nSPS) is 13.7. The smallest absolute Gasteiger partial charge is 0.254 e. The van der Waals surface area contributed by atoms with E-state index in [0.29, 0.717) is 25.1 Å². The number of amides is 1. The van der Waals surface area contributed by atoms with Crippen LogP contribution in [0.25, 0.3) is 10.9 Å². The first kappa shape index (κ1) is 16.4. The third-order valence-corrected chi connectivity index (χ3v) is 4.82. The molecule has 0 radical (unpaired) electrons. The fraction of sp³-hybridized carbons (Fsp3) is 0.200. The largest absolute Gasteiger partial charge is 0.334 e. The van der Waals surface area contributed by atoms with Crippen molar-refractivity contribution in [3.63, 3.8) is 0 Å². The van der Waals surface area contributed by atoms with Crippen LogP contribution in [-0.4, -0.2) is 22.3 Å². The Morgan fingerprint density at radius 3 is 2.65 bits per heavy atom. The number of aromatic amines is 1. The number of rotatable bonds is 1. The van der Waals surface area contributed by atoms with E-state index in [0.717, 1.165) is 34.2 Å². The third-order valence-electron chi connectivity index (χ3n) is 4.82. The van der Waals surface area contributed by atoms with Crippen LogP contribution in [0.2, 0.25) is 0 Å². The maximum absolute atomic E-state index is 13.4. The summed E-state index contributed by atoms with van der Waals surface area (Å²) in [5.41, 5.74) is 3.43. The number of hydrogen-bond donors (Lipinski definition) is 1. The van der Waals surface area contributed by atoms with Crippen LogP contribution in [0.15, 0.2) is 41.2 Å². The standard InChI is InChI=1S/C20H16F2N2O2/c1-11-6-14-7-12-4-5-24(10-15(12)9-18(14)23-19(11)25)20(26)13-2-3-16(21)17(22)8-13/h2-3,6-9H,4-5,10H2,1H3,(H,23,25). The van der Waals surface area contributed by atoms with Gasteiger partial charge >= 0.3 is 0 Å². The van der Waals surface area contributed by atoms with Crippen LogP contribution < -0.4 is 5.56 Å². The molecule has 132 valence electrons. The summed E-state index contributed by atoms with van der Waals surface area (Å²) in [6.07, 6.45) is 0.666. The van der Waals surface area contributed by atoms with Gasteiger partial charge in [-0.2, -0.15) is 0 Å². The van der Waals surface area contributed by atoms with Crippen molar-refractivity contribution in [2.45, 2.75) is 19.9 Å². The molecular formula is C20H16F2N2O2. The number of halogens is 2. The Morgan fingerprint density at radius 2 is 1.88 bits per heavy atom. The van der Waals surface area contributed by atoms with Crippen molar-refractivity contribution >= 4 is 16.8 Å². The maximum Gasteiger partial charge on any atom is 0.254 e. The fourth-order valence-corrected chi connectivity index (χ4v) is 3.36. The fourth-order valence-electron chi connectivity index (χ4n) is 3.36. The summed E-state index contributed by atoms with van der Waals surface area (Å²) in [7, 11) is 0. The number of aromatic nitrogens is 1. The maximum atomic E-state index is 13.4. The first-order valence-electron chi connectivity index (χ1n) is 8.32. The number of nitrogens with one attached hydrogen (secondary N) is 1. The molecule has 1 N–H and O–H groups in total. The van der Waals surface area contributed by atoms with Gasteiger partial charge in [-0.3, -0.25) is 9.59 Å². The Morgan fingerprint density at radius 1 is 1.08 bits per heavy atom. The van der Waals surface area contributed by atoms with Crippen molar-refractivity contribution in [1.82, 2.24) is 9.88 Å². The Bertz CT molecular complexity index is 1100. The van der Waals surface area contributed by atoms with E-state index < -0.39 is 11.6 Å². The summed E-state index contributed by atoms with van der Waals surface area (Å²) in [5, 5.41) is 0.959. The molecule has 4 rings (SSSR count). The van der Waals surface area contributed by atoms with E-state index in [-0.39, 0.29) is 17.0 Å². The van der Waals surface area contributed by atoms with Crippen LogP contribution >= 0.6 is 0 Å². The molecule has 26 heavy (non-hydrogen) atoms. The molecule has 1 aliphatic heterocycles. The molecule has 0 saturated heterocycles. The minimum atomic E-state index is -1.04. The number of pyridine rings is 1. The molecule has 0 aliphatic carbocycles. The van der Waals surface area contributed by atoms with Gasteiger partial charge in [-0.1, -0.05) is 0 Å². The van der Waals surface area contributed by atoms with E-state index >= 15 is 0 Å². The van der Waals surface area contributed by atoms with Crippen LogP contribution in [-0.2, 0) is 13.0 Å². The number of hydrogen-bond acceptors (Lipinski definition) is 2. The van der Waals surface area contributed by atoms with Gasteiger partial charge in [0.05, 0.1) is 0 Å². The zero-order chi connectivity index (χ0) is 18.4. The van der Waals surface area contributed by atoms with E-state index in [1.54, 1.807) is 11.8 Å². The monoisotopic (exact) mass is 354 g/mol. The minimum Gasteiger partial charge on any atom is -0.334 e. The Labute approximate surface area is 148 Å². The lowest BCUT2D eigenvalue weighted by molar-refractivity contribution is 0.0734. The zero-order valence-corrected chi connectivity index (χ0v) is 14.1. The van der Waals surface area contributed by atoms with Crippen molar-refractivity contribution in [1.29, 1.82) is 0 Å². The summed E-state index contributed by atoms with van der Waals surface area (Å²) < 4.78 is 26.5. The number of nitrogens with zero attached hydrogens (tertiary/aromatic N) is 1. The summed E-state index contributed by atoms with van der Waals surface area (Å²) in [5.74, 6) is -2.35. The molecule has 0 bridgehead atoms. The van der Waals surface area contributed by atoms with Crippen molar-refractivity contribution in [2.24, 2.45) is 0 Å². The molecule has 4 nitrogen and oxygen atoms in total. The SMILES string of the molecule is Cc1cc2cc3c(cc2[nH]c1=O)CN(C(=O)c1ccc(F)c(F)c1)CC3. The van der Waals surface area contributed by atoms with Gasteiger partial charge in [0.15, 0.2) is 11.6 Å². The first-order chi connectivity index (χ1) is 12.4. The predicted molar refractivity (Wildman–Crippen MR) is 94.1 cm³/mol. The highest BCUT2D eigenvalue weighted by Gasteiger charge is 2.23. The topological polar surface area (TPSA) is 53.2 Å². The number of benzene rings is 2. The van der Waals surface area contributed by atoms with Crippen LogP contribution in [0.5, 0.6) is 0 Å². The second kappa shape index (κ2) is 6.05. The molecule has 1 amide bonds. The van der Waals surface area contributed by atoms with Gasteiger partial charge in [0.25, 0.3) is 11.5 Å². The van der Waals surface area contributed by atoms with Gasteiger partial charge in [0.1, 0.15) is 0 Å². The van der Waals surface area contributed by atoms with Gasteiger partial charge in [-0.15, -0.1) is 0 Å². The minimum absolute atomic E-state index is 0.122. The first-order valence-corrected chi connectivity index (χ1v) is 8.32. The molecule has 1 aromatic heterocycles. The van der Waals surface area contributed by atoms with Gasteiger partial charge in [0.2, 0.25) is 0 Å². The zero-order valence-electron chi connectivity index (χ0n) is 14.1. The van der Waals surface area contributed by atoms with Gasteiger partial charge in [-0.25, -0.2) is 8.78 Å². The second-order valence-corrected chi connectivity index (χ2v) is 6.60. The predicted octanol–water partition coefficient (Wildman–Crippen LogP) is 3.31. The van der Waals surface area contributed by atoms with Gasteiger partial charge in [0, 0.05) is 29.7 Å². The summed E-state index contributed by atoms with van der Waals surface area (Å²) in [6.45, 7) is 2.62. The lowest BCUT2D eigenvalue weighted by atomic mass is 9.96. The molecule has 0 fully saturated rings. The Kier molecular flexibility index (Phi) is 3.83. The van der Waals surface area contributed by atoms with E-state index in [4.69, 9.17) is 0 Å². The van der Waals surface area contributed by atoms with Crippen molar-refractivity contribution < 1.29 is 13.6 Å². The highest BCUT2D eigenvalue weighted by molar-refractivity contribution is 5.94. The molecule has 0 spiro atoms. The van der Waals surface area contributed by atoms with E-state index in [9.17, 15) is 18.4 Å². The molecule has 0 atom stereocenters. The van der Waals surface area contributed by atoms with Crippen LogP contribution in [0.4, 0.5) is 8.78 Å². The average Bonchev–Trinajstić information content (AvgIpc) is 2.62. The van der Waals surface area contributed by atoms with E-state index in [1.165, 1.54) is 6.07 Å². The molecule has 1 aliphatic rings. The van der Waals surface area contributed by atoms with Crippen molar-refractivity contribution in [3.8, 4) is 0 Å². The molecule has 0 saturated carbocycles. The molecule has 6 heteroatoms. The number of carbonyl (C=O) groups is 1.